The zero-order valence-corrected chi connectivity index (χ0v) is 15.9. The van der Waals surface area contributed by atoms with Crippen molar-refractivity contribution in [1.29, 1.82) is 0 Å². The van der Waals surface area contributed by atoms with Crippen LogP contribution in [0.2, 0.25) is 0 Å². The number of rotatable bonds is 4. The number of aliphatic carboxylic acids is 1. The molecule has 8 heteroatoms. The van der Waals surface area contributed by atoms with Gasteiger partial charge in [0, 0.05) is 13.5 Å². The number of anilines is 1. The summed E-state index contributed by atoms with van der Waals surface area (Å²) >= 11 is 0. The molecule has 3 rings (SSSR count). The van der Waals surface area contributed by atoms with Crippen LogP contribution in [0.15, 0.2) is 24.3 Å². The molecule has 0 bridgehead atoms. The van der Waals surface area contributed by atoms with Crippen LogP contribution < -0.4 is 4.90 Å². The molecule has 1 N–H and O–H groups in total. The van der Waals surface area contributed by atoms with E-state index in [4.69, 9.17) is 0 Å². The van der Waals surface area contributed by atoms with Gasteiger partial charge >= 0.3 is 5.97 Å². The maximum absolute atomic E-state index is 13.1. The third-order valence-electron chi connectivity index (χ3n) is 5.77. The standard InChI is InChI=1S/C19H23N3O5/c1-18(2,17(26)27)20(4)15(24)11-21-16(25)12-7-5-6-8-13(12)22-14(23)9-10-19(21,22)3/h5-8H,9-11H2,1-4H3,(H,26,27). The molecule has 144 valence electrons. The van der Waals surface area contributed by atoms with E-state index in [1.54, 1.807) is 36.1 Å². The highest BCUT2D eigenvalue weighted by atomic mass is 16.4. The van der Waals surface area contributed by atoms with Crippen molar-refractivity contribution in [2.45, 2.75) is 44.8 Å². The fourth-order valence-electron chi connectivity index (χ4n) is 3.64. The van der Waals surface area contributed by atoms with Crippen LogP contribution in [0, 0.1) is 0 Å². The van der Waals surface area contributed by atoms with Gasteiger partial charge in [-0.1, -0.05) is 12.1 Å². The van der Waals surface area contributed by atoms with Crippen molar-refractivity contribution in [3.8, 4) is 0 Å². The van der Waals surface area contributed by atoms with Crippen LogP contribution in [0.1, 0.15) is 44.0 Å². The van der Waals surface area contributed by atoms with Crippen molar-refractivity contribution in [2.24, 2.45) is 0 Å². The molecule has 0 aliphatic carbocycles. The number of nitrogens with zero attached hydrogens (tertiary/aromatic N) is 3. The van der Waals surface area contributed by atoms with Gasteiger partial charge in [-0.3, -0.25) is 19.3 Å². The maximum Gasteiger partial charge on any atom is 0.329 e. The smallest absolute Gasteiger partial charge is 0.329 e. The minimum absolute atomic E-state index is 0.103. The van der Waals surface area contributed by atoms with Crippen LogP contribution in [0.5, 0.6) is 0 Å². The van der Waals surface area contributed by atoms with E-state index in [0.717, 1.165) is 4.90 Å². The first-order valence-corrected chi connectivity index (χ1v) is 8.76. The van der Waals surface area contributed by atoms with E-state index in [1.165, 1.54) is 25.8 Å². The van der Waals surface area contributed by atoms with Crippen LogP contribution in [-0.4, -0.2) is 63.4 Å². The number of likely N-dealkylation sites (N-methyl/N-ethyl adjacent to an activating group) is 1. The molecule has 1 aromatic carbocycles. The number of carbonyl (C=O) groups is 4. The number of benzene rings is 1. The van der Waals surface area contributed by atoms with Crippen molar-refractivity contribution >= 4 is 29.4 Å². The quantitative estimate of drug-likeness (QED) is 0.858. The molecule has 2 heterocycles. The van der Waals surface area contributed by atoms with Crippen molar-refractivity contribution in [2.75, 3.05) is 18.5 Å². The first-order valence-electron chi connectivity index (χ1n) is 8.76. The first kappa shape index (κ1) is 18.9. The molecule has 2 aliphatic rings. The SMILES string of the molecule is CN(C(=O)CN1C(=O)c2ccccc2N2C(=O)CCC12C)C(C)(C)C(=O)O. The Labute approximate surface area is 157 Å². The third kappa shape index (κ3) is 2.67. The molecule has 8 nitrogen and oxygen atoms in total. The summed E-state index contributed by atoms with van der Waals surface area (Å²) in [6.45, 7) is 4.31. The number of carbonyl (C=O) groups excluding carboxylic acids is 3. The number of fused-ring (bicyclic) bond motifs is 3. The summed E-state index contributed by atoms with van der Waals surface area (Å²) in [5.41, 5.74) is -1.46. The average Bonchev–Trinajstić information content (AvgIpc) is 2.93. The summed E-state index contributed by atoms with van der Waals surface area (Å²) in [6, 6.07) is 6.83. The number of amides is 3. The first-order chi connectivity index (χ1) is 12.5. The van der Waals surface area contributed by atoms with Crippen molar-refractivity contribution in [3.05, 3.63) is 29.8 Å². The zero-order valence-electron chi connectivity index (χ0n) is 15.9. The second kappa shape index (κ2) is 6.07. The molecule has 2 aliphatic heterocycles. The minimum atomic E-state index is -1.42. The summed E-state index contributed by atoms with van der Waals surface area (Å²) in [5, 5.41) is 9.36. The predicted octanol–water partition coefficient (Wildman–Crippen LogP) is 1.31. The monoisotopic (exact) mass is 373 g/mol. The van der Waals surface area contributed by atoms with Gasteiger partial charge in [-0.25, -0.2) is 4.79 Å². The molecule has 0 radical (unpaired) electrons. The molecule has 1 unspecified atom stereocenters. The molecule has 1 aromatic rings. The van der Waals surface area contributed by atoms with E-state index in [-0.39, 0.29) is 24.8 Å². The summed E-state index contributed by atoms with van der Waals surface area (Å²) in [5.74, 6) is -2.09. The Morgan fingerprint density at radius 3 is 2.52 bits per heavy atom. The molecule has 1 fully saturated rings. The van der Waals surface area contributed by atoms with Crippen LogP contribution in [0.4, 0.5) is 5.69 Å². The van der Waals surface area contributed by atoms with E-state index < -0.39 is 23.1 Å². The molecule has 3 amide bonds. The summed E-state index contributed by atoms with van der Waals surface area (Å²) in [4.78, 5) is 54.0. The summed E-state index contributed by atoms with van der Waals surface area (Å²) < 4.78 is 0. The van der Waals surface area contributed by atoms with Gasteiger partial charge < -0.3 is 14.9 Å². The number of carboxylic acids is 1. The Balaban J connectivity index is 1.98. The number of hydrogen-bond donors (Lipinski definition) is 1. The van der Waals surface area contributed by atoms with Gasteiger partial charge in [-0.2, -0.15) is 0 Å². The maximum atomic E-state index is 13.1. The van der Waals surface area contributed by atoms with Crippen molar-refractivity contribution in [3.63, 3.8) is 0 Å². The van der Waals surface area contributed by atoms with Crippen LogP contribution >= 0.6 is 0 Å². The predicted molar refractivity (Wildman–Crippen MR) is 97.1 cm³/mol. The fourth-order valence-corrected chi connectivity index (χ4v) is 3.64. The van der Waals surface area contributed by atoms with Gasteiger partial charge in [-0.15, -0.1) is 0 Å². The molecular formula is C19H23N3O5. The fraction of sp³-hybridized carbons (Fsp3) is 0.474. The molecule has 0 saturated carbocycles. The highest BCUT2D eigenvalue weighted by molar-refractivity contribution is 6.11. The lowest BCUT2D eigenvalue weighted by atomic mass is 9.97. The Hall–Kier alpha value is -2.90. The minimum Gasteiger partial charge on any atom is -0.480 e. The number of hydrogen-bond acceptors (Lipinski definition) is 4. The average molecular weight is 373 g/mol. The molecule has 1 saturated heterocycles. The molecular weight excluding hydrogens is 350 g/mol. The highest BCUT2D eigenvalue weighted by Crippen LogP contribution is 2.43. The van der Waals surface area contributed by atoms with Crippen molar-refractivity contribution < 1.29 is 24.3 Å². The molecule has 1 atom stereocenters. The van der Waals surface area contributed by atoms with Gasteiger partial charge in [0.1, 0.15) is 17.7 Å². The van der Waals surface area contributed by atoms with E-state index in [2.05, 4.69) is 0 Å². The van der Waals surface area contributed by atoms with E-state index in [0.29, 0.717) is 17.7 Å². The Morgan fingerprint density at radius 2 is 1.89 bits per heavy atom. The van der Waals surface area contributed by atoms with Crippen LogP contribution in [0.25, 0.3) is 0 Å². The normalized spacial score (nSPS) is 21.8. The summed E-state index contributed by atoms with van der Waals surface area (Å²) in [7, 11) is 1.40. The second-order valence-corrected chi connectivity index (χ2v) is 7.67. The third-order valence-corrected chi connectivity index (χ3v) is 5.77. The topological polar surface area (TPSA) is 98.2 Å². The lowest BCUT2D eigenvalue weighted by Gasteiger charge is -2.49. The van der Waals surface area contributed by atoms with Gasteiger partial charge in [-0.05, 0) is 39.3 Å². The van der Waals surface area contributed by atoms with Crippen molar-refractivity contribution in [1.82, 2.24) is 9.80 Å². The van der Waals surface area contributed by atoms with Gasteiger partial charge in [0.25, 0.3) is 5.91 Å². The van der Waals surface area contributed by atoms with Crippen LogP contribution in [-0.2, 0) is 14.4 Å². The second-order valence-electron chi connectivity index (χ2n) is 7.67. The largest absolute Gasteiger partial charge is 0.480 e. The van der Waals surface area contributed by atoms with Gasteiger partial charge in [0.2, 0.25) is 11.8 Å². The van der Waals surface area contributed by atoms with E-state index in [1.807, 2.05) is 0 Å². The van der Waals surface area contributed by atoms with Crippen LogP contribution in [0.3, 0.4) is 0 Å². The lowest BCUT2D eigenvalue weighted by molar-refractivity contribution is -0.155. The lowest BCUT2D eigenvalue weighted by Crippen LogP contribution is -2.64. The van der Waals surface area contributed by atoms with Gasteiger partial charge in [0.15, 0.2) is 0 Å². The number of para-hydroxylation sites is 1. The van der Waals surface area contributed by atoms with E-state index >= 15 is 0 Å². The van der Waals surface area contributed by atoms with Gasteiger partial charge in [0.05, 0.1) is 11.3 Å². The zero-order chi connectivity index (χ0) is 20.1. The Bertz CT molecular complexity index is 850. The summed E-state index contributed by atoms with van der Waals surface area (Å²) in [6.07, 6.45) is 0.685. The molecule has 0 aromatic heterocycles. The Morgan fingerprint density at radius 1 is 1.26 bits per heavy atom. The highest BCUT2D eigenvalue weighted by Gasteiger charge is 2.53. The molecule has 0 spiro atoms. The van der Waals surface area contributed by atoms with E-state index in [9.17, 15) is 24.3 Å². The number of carboxylic acid groups (broad SMARTS) is 1. The Kier molecular flexibility index (Phi) is 4.25. The molecule has 27 heavy (non-hydrogen) atoms.